The molecule has 4 nitrogen and oxygen atoms in total. The van der Waals surface area contributed by atoms with Gasteiger partial charge in [0.05, 0.1) is 18.0 Å². The summed E-state index contributed by atoms with van der Waals surface area (Å²) in [7, 11) is 0. The van der Waals surface area contributed by atoms with Crippen molar-refractivity contribution in [2.24, 2.45) is 10.2 Å². The van der Waals surface area contributed by atoms with E-state index < -0.39 is 0 Å². The summed E-state index contributed by atoms with van der Waals surface area (Å²) < 4.78 is 0. The molecule has 1 atom stereocenters. The van der Waals surface area contributed by atoms with E-state index in [1.165, 1.54) is 11.1 Å². The summed E-state index contributed by atoms with van der Waals surface area (Å²) in [4.78, 5) is 14.8. The predicted octanol–water partition coefficient (Wildman–Crippen LogP) is 5.33. The zero-order valence-corrected chi connectivity index (χ0v) is 17.6. The van der Waals surface area contributed by atoms with E-state index in [4.69, 9.17) is 0 Å². The highest BCUT2D eigenvalue weighted by atomic mass is 32.2. The molecular formula is C23H27N3OS. The van der Waals surface area contributed by atoms with Crippen LogP contribution in [0, 0.1) is 13.8 Å². The molecule has 1 aliphatic heterocycles. The fourth-order valence-electron chi connectivity index (χ4n) is 3.06. The minimum Gasteiger partial charge on any atom is -0.284 e. The Balaban J connectivity index is 1.81. The van der Waals surface area contributed by atoms with Gasteiger partial charge in [-0.3, -0.25) is 9.69 Å². The number of benzene rings is 2. The number of thioether (sulfide) groups is 1. The molecule has 1 unspecified atom stereocenters. The van der Waals surface area contributed by atoms with Crippen molar-refractivity contribution in [2.75, 3.05) is 0 Å². The largest absolute Gasteiger partial charge is 0.284 e. The first-order valence-corrected chi connectivity index (χ1v) is 10.7. The Bertz CT molecular complexity index is 874. The third-order valence-electron chi connectivity index (χ3n) is 4.86. The molecule has 1 fully saturated rings. The van der Waals surface area contributed by atoms with Gasteiger partial charge >= 0.3 is 0 Å². The Morgan fingerprint density at radius 1 is 1.11 bits per heavy atom. The molecule has 0 spiro atoms. The lowest BCUT2D eigenvalue weighted by Crippen LogP contribution is -2.31. The van der Waals surface area contributed by atoms with E-state index in [9.17, 15) is 4.79 Å². The number of hydrogen-bond acceptors (Lipinski definition) is 4. The monoisotopic (exact) mass is 393 g/mol. The van der Waals surface area contributed by atoms with Gasteiger partial charge in [0.1, 0.15) is 0 Å². The van der Waals surface area contributed by atoms with Crippen LogP contribution in [0.3, 0.4) is 0 Å². The van der Waals surface area contributed by atoms with E-state index >= 15 is 0 Å². The average Bonchev–Trinajstić information content (AvgIpc) is 2.98. The summed E-state index contributed by atoms with van der Waals surface area (Å²) in [5.41, 5.74) is 4.53. The molecular weight excluding hydrogens is 366 g/mol. The molecule has 28 heavy (non-hydrogen) atoms. The van der Waals surface area contributed by atoms with E-state index in [0.29, 0.717) is 11.7 Å². The number of amidine groups is 1. The Morgan fingerprint density at radius 2 is 1.86 bits per heavy atom. The van der Waals surface area contributed by atoms with Crippen molar-refractivity contribution in [2.45, 2.75) is 51.8 Å². The molecule has 0 radical (unpaired) electrons. The van der Waals surface area contributed by atoms with Crippen LogP contribution < -0.4 is 0 Å². The zero-order chi connectivity index (χ0) is 19.9. The van der Waals surface area contributed by atoms with Crippen LogP contribution >= 0.6 is 11.8 Å². The summed E-state index contributed by atoms with van der Waals surface area (Å²) >= 11 is 1.54. The molecule has 146 valence electrons. The number of unbranched alkanes of at least 4 members (excludes halogenated alkanes) is 1. The molecule has 1 saturated heterocycles. The highest BCUT2D eigenvalue weighted by Gasteiger charge is 2.37. The summed E-state index contributed by atoms with van der Waals surface area (Å²) in [5, 5.41) is 9.31. The maximum absolute atomic E-state index is 13.0. The normalized spacial score (nSPS) is 18.5. The number of rotatable bonds is 7. The minimum absolute atomic E-state index is 0.0581. The van der Waals surface area contributed by atoms with Gasteiger partial charge in [0.25, 0.3) is 0 Å². The van der Waals surface area contributed by atoms with Gasteiger partial charge in [0.15, 0.2) is 5.17 Å². The second-order valence-electron chi connectivity index (χ2n) is 7.14. The Hall–Kier alpha value is -2.40. The van der Waals surface area contributed by atoms with Gasteiger partial charge in [0.2, 0.25) is 5.91 Å². The van der Waals surface area contributed by atoms with E-state index in [-0.39, 0.29) is 11.2 Å². The number of aryl methyl sites for hydroxylation is 2. The first-order valence-electron chi connectivity index (χ1n) is 9.78. The van der Waals surface area contributed by atoms with Gasteiger partial charge in [-0.2, -0.15) is 5.10 Å². The SMILES string of the molecule is CCCCC1SC(=NN=Cc2ccc(C)cc2)N(Cc2ccccc2C)C1=O. The smallest absolute Gasteiger partial charge is 0.242 e. The summed E-state index contributed by atoms with van der Waals surface area (Å²) in [5.74, 6) is 0.144. The van der Waals surface area contributed by atoms with Crippen molar-refractivity contribution in [1.82, 2.24) is 4.90 Å². The molecule has 0 bridgehead atoms. The zero-order valence-electron chi connectivity index (χ0n) is 16.8. The van der Waals surface area contributed by atoms with Crippen molar-refractivity contribution in [3.8, 4) is 0 Å². The topological polar surface area (TPSA) is 45.0 Å². The van der Waals surface area contributed by atoms with Gasteiger partial charge in [0, 0.05) is 0 Å². The van der Waals surface area contributed by atoms with E-state index in [2.05, 4.69) is 43.1 Å². The quantitative estimate of drug-likeness (QED) is 0.471. The number of carbonyl (C=O) groups is 1. The molecule has 5 heteroatoms. The Kier molecular flexibility index (Phi) is 7.04. The highest BCUT2D eigenvalue weighted by Crippen LogP contribution is 2.32. The lowest BCUT2D eigenvalue weighted by molar-refractivity contribution is -0.126. The van der Waals surface area contributed by atoms with Crippen molar-refractivity contribution in [1.29, 1.82) is 0 Å². The van der Waals surface area contributed by atoms with Crippen LogP contribution in [0.5, 0.6) is 0 Å². The lowest BCUT2D eigenvalue weighted by atomic mass is 10.1. The fourth-order valence-corrected chi connectivity index (χ4v) is 4.20. The van der Waals surface area contributed by atoms with Crippen LogP contribution in [-0.4, -0.2) is 27.4 Å². The van der Waals surface area contributed by atoms with Crippen LogP contribution in [0.25, 0.3) is 0 Å². The fraction of sp³-hybridized carbons (Fsp3) is 0.348. The molecule has 0 saturated carbocycles. The molecule has 1 heterocycles. The number of nitrogens with zero attached hydrogens (tertiary/aromatic N) is 3. The standard InChI is InChI=1S/C23H27N3OS/c1-4-5-10-21-22(27)26(16-20-9-7-6-8-18(20)3)23(28-21)25-24-15-19-13-11-17(2)12-14-19/h6-9,11-15,21H,4-5,10,16H2,1-3H3. The predicted molar refractivity (Wildman–Crippen MR) is 119 cm³/mol. The first-order chi connectivity index (χ1) is 13.6. The third-order valence-corrected chi connectivity index (χ3v) is 6.09. The summed E-state index contributed by atoms with van der Waals surface area (Å²) in [6.07, 6.45) is 4.75. The third kappa shape index (κ3) is 5.10. The number of hydrogen-bond donors (Lipinski definition) is 0. The van der Waals surface area contributed by atoms with Crippen molar-refractivity contribution >= 4 is 29.1 Å². The van der Waals surface area contributed by atoms with E-state index in [0.717, 1.165) is 30.4 Å². The maximum Gasteiger partial charge on any atom is 0.242 e. The van der Waals surface area contributed by atoms with Crippen LogP contribution in [0.15, 0.2) is 58.7 Å². The molecule has 3 rings (SSSR count). The van der Waals surface area contributed by atoms with Gasteiger partial charge in [-0.1, -0.05) is 85.6 Å². The number of carbonyl (C=O) groups excluding carboxylic acids is 1. The summed E-state index contributed by atoms with van der Waals surface area (Å²) in [6.45, 7) is 6.82. The van der Waals surface area contributed by atoms with E-state index in [1.54, 1.807) is 22.9 Å². The highest BCUT2D eigenvalue weighted by molar-refractivity contribution is 8.15. The molecule has 0 N–H and O–H groups in total. The molecule has 0 aromatic heterocycles. The van der Waals surface area contributed by atoms with Crippen LogP contribution in [0.2, 0.25) is 0 Å². The van der Waals surface area contributed by atoms with Crippen molar-refractivity contribution in [3.05, 3.63) is 70.8 Å². The van der Waals surface area contributed by atoms with Crippen LogP contribution in [0.4, 0.5) is 0 Å². The second-order valence-corrected chi connectivity index (χ2v) is 8.31. The van der Waals surface area contributed by atoms with E-state index in [1.807, 2.05) is 36.4 Å². The first kappa shape index (κ1) is 20.3. The Labute approximate surface area is 171 Å². The average molecular weight is 394 g/mol. The minimum atomic E-state index is -0.0581. The van der Waals surface area contributed by atoms with Gasteiger partial charge in [-0.15, -0.1) is 5.10 Å². The van der Waals surface area contributed by atoms with Gasteiger partial charge in [-0.25, -0.2) is 0 Å². The van der Waals surface area contributed by atoms with Gasteiger partial charge in [-0.05, 0) is 37.0 Å². The molecule has 1 aliphatic rings. The van der Waals surface area contributed by atoms with Crippen molar-refractivity contribution < 1.29 is 4.79 Å². The molecule has 2 aromatic carbocycles. The second kappa shape index (κ2) is 9.69. The molecule has 1 amide bonds. The van der Waals surface area contributed by atoms with Crippen molar-refractivity contribution in [3.63, 3.8) is 0 Å². The molecule has 0 aliphatic carbocycles. The van der Waals surface area contributed by atoms with Gasteiger partial charge < -0.3 is 0 Å². The van der Waals surface area contributed by atoms with Crippen LogP contribution in [-0.2, 0) is 11.3 Å². The lowest BCUT2D eigenvalue weighted by Gasteiger charge is -2.17. The molecule has 2 aromatic rings. The Morgan fingerprint density at radius 3 is 2.57 bits per heavy atom. The summed E-state index contributed by atoms with van der Waals surface area (Å²) in [6, 6.07) is 16.3. The maximum atomic E-state index is 13.0. The van der Waals surface area contributed by atoms with Crippen LogP contribution in [0.1, 0.15) is 48.4 Å². The number of amides is 1.